The maximum Gasteiger partial charge on any atom is 0.337 e. The van der Waals surface area contributed by atoms with Crippen LogP contribution in [0.25, 0.3) is 11.0 Å². The van der Waals surface area contributed by atoms with Crippen molar-refractivity contribution in [2.75, 3.05) is 17.7 Å². The van der Waals surface area contributed by atoms with Crippen molar-refractivity contribution in [2.45, 2.75) is 32.5 Å². The molecule has 3 aromatic rings. The zero-order chi connectivity index (χ0) is 20.4. The second-order valence-electron chi connectivity index (χ2n) is 7.48. The summed E-state index contributed by atoms with van der Waals surface area (Å²) in [4.78, 5) is 35.1. The average Bonchev–Trinajstić information content (AvgIpc) is 2.95. The number of hydrogen-bond donors (Lipinski definition) is 2. The normalized spacial score (nSPS) is 17.2. The molecule has 9 heteroatoms. The quantitative estimate of drug-likeness (QED) is 0.648. The number of carbonyl (C=O) groups excluding carboxylic acids is 2. The Labute approximate surface area is 166 Å². The SMILES string of the molecule is COC(=O)c1ccc2c(c1)N1C(=O)NCc3c(c4c(N)ncnc4n3C(C)C)C21. The fourth-order valence-corrected chi connectivity index (χ4v) is 4.46. The van der Waals surface area contributed by atoms with Gasteiger partial charge in [0.05, 0.1) is 36.3 Å². The number of benzene rings is 1. The minimum Gasteiger partial charge on any atom is -0.465 e. The number of nitrogens with one attached hydrogen (secondary N) is 1. The van der Waals surface area contributed by atoms with Crippen LogP contribution >= 0.6 is 0 Å². The first kappa shape index (κ1) is 17.5. The number of nitrogen functional groups attached to an aromatic ring is 1. The Morgan fingerprint density at radius 1 is 1.34 bits per heavy atom. The molecule has 148 valence electrons. The highest BCUT2D eigenvalue weighted by molar-refractivity contribution is 6.05. The highest BCUT2D eigenvalue weighted by Crippen LogP contribution is 2.52. The summed E-state index contributed by atoms with van der Waals surface area (Å²) < 4.78 is 6.91. The molecule has 0 saturated heterocycles. The number of hydrogen-bond acceptors (Lipinski definition) is 6. The zero-order valence-corrected chi connectivity index (χ0v) is 16.3. The molecule has 0 aliphatic carbocycles. The van der Waals surface area contributed by atoms with Gasteiger partial charge < -0.3 is 20.4 Å². The smallest absolute Gasteiger partial charge is 0.337 e. The van der Waals surface area contributed by atoms with E-state index in [9.17, 15) is 9.59 Å². The van der Waals surface area contributed by atoms with Gasteiger partial charge in [0.25, 0.3) is 0 Å². The van der Waals surface area contributed by atoms with Crippen molar-refractivity contribution in [1.29, 1.82) is 0 Å². The third-order valence-corrected chi connectivity index (χ3v) is 5.64. The lowest BCUT2D eigenvalue weighted by molar-refractivity contribution is 0.0600. The van der Waals surface area contributed by atoms with Gasteiger partial charge in [0.2, 0.25) is 0 Å². The van der Waals surface area contributed by atoms with Gasteiger partial charge in [-0.15, -0.1) is 0 Å². The largest absolute Gasteiger partial charge is 0.465 e. The number of nitrogens with two attached hydrogens (primary N) is 1. The van der Waals surface area contributed by atoms with Crippen LogP contribution in [0.5, 0.6) is 0 Å². The Morgan fingerprint density at radius 3 is 2.86 bits per heavy atom. The van der Waals surface area contributed by atoms with Crippen LogP contribution in [-0.2, 0) is 11.3 Å². The molecule has 2 aliphatic rings. The van der Waals surface area contributed by atoms with Crippen molar-refractivity contribution in [3.8, 4) is 0 Å². The van der Waals surface area contributed by atoms with E-state index in [1.807, 2.05) is 6.07 Å². The van der Waals surface area contributed by atoms with Crippen molar-refractivity contribution < 1.29 is 14.3 Å². The number of amides is 2. The van der Waals surface area contributed by atoms with Gasteiger partial charge >= 0.3 is 12.0 Å². The monoisotopic (exact) mass is 392 g/mol. The molecule has 0 fully saturated rings. The number of ether oxygens (including phenoxy) is 1. The minimum absolute atomic E-state index is 0.125. The van der Waals surface area contributed by atoms with Crippen LogP contribution in [0.15, 0.2) is 24.5 Å². The fraction of sp³-hybridized carbons (Fsp3) is 0.300. The van der Waals surface area contributed by atoms with E-state index in [1.165, 1.54) is 13.4 Å². The number of fused-ring (bicyclic) bond motifs is 8. The van der Waals surface area contributed by atoms with Gasteiger partial charge in [-0.05, 0) is 26.0 Å². The lowest BCUT2D eigenvalue weighted by atomic mass is 9.86. The van der Waals surface area contributed by atoms with Gasteiger partial charge in [-0.2, -0.15) is 0 Å². The standard InChI is InChI=1S/C20H20N6O3/c1-9(2)25-13-7-22-20(28)26-12-6-10(19(27)29-3)4-5-11(12)16(26)14(13)15-17(21)23-8-24-18(15)25/h4-6,8-9,16H,7H2,1-3H3,(H,22,28)(H2,21,23,24). The summed E-state index contributed by atoms with van der Waals surface area (Å²) in [6.45, 7) is 4.49. The topological polar surface area (TPSA) is 115 Å². The Hall–Kier alpha value is -3.62. The third-order valence-electron chi connectivity index (χ3n) is 5.64. The summed E-state index contributed by atoms with van der Waals surface area (Å²) in [7, 11) is 1.33. The molecule has 0 radical (unpaired) electrons. The molecule has 9 nitrogen and oxygen atoms in total. The lowest BCUT2D eigenvalue weighted by Gasteiger charge is -2.42. The number of nitrogens with zero attached hydrogens (tertiary/aromatic N) is 4. The van der Waals surface area contributed by atoms with Crippen LogP contribution in [0.3, 0.4) is 0 Å². The molecule has 29 heavy (non-hydrogen) atoms. The Kier molecular flexibility index (Phi) is 3.58. The number of aromatic nitrogens is 3. The molecule has 2 aliphatic heterocycles. The highest BCUT2D eigenvalue weighted by Gasteiger charge is 2.46. The molecule has 3 N–H and O–H groups in total. The Bertz CT molecular complexity index is 1200. The second-order valence-corrected chi connectivity index (χ2v) is 7.48. The predicted octanol–water partition coefficient (Wildman–Crippen LogP) is 2.51. The van der Waals surface area contributed by atoms with Gasteiger partial charge in [0.1, 0.15) is 17.8 Å². The van der Waals surface area contributed by atoms with Crippen LogP contribution in [0.2, 0.25) is 0 Å². The van der Waals surface area contributed by atoms with Crippen LogP contribution in [-0.4, -0.2) is 33.6 Å². The van der Waals surface area contributed by atoms with Gasteiger partial charge in [0, 0.05) is 22.9 Å². The van der Waals surface area contributed by atoms with Crippen molar-refractivity contribution in [1.82, 2.24) is 19.9 Å². The van der Waals surface area contributed by atoms with Crippen molar-refractivity contribution in [3.63, 3.8) is 0 Å². The van der Waals surface area contributed by atoms with Crippen LogP contribution in [0, 0.1) is 0 Å². The number of methoxy groups -OCH3 is 1. The summed E-state index contributed by atoms with van der Waals surface area (Å²) in [5.41, 5.74) is 10.9. The highest BCUT2D eigenvalue weighted by atomic mass is 16.5. The molecule has 5 rings (SSSR count). The van der Waals surface area contributed by atoms with Gasteiger partial charge in [-0.25, -0.2) is 19.6 Å². The van der Waals surface area contributed by atoms with Crippen LogP contribution in [0.4, 0.5) is 16.3 Å². The number of urea groups is 1. The third kappa shape index (κ3) is 2.21. The molecular weight excluding hydrogens is 372 g/mol. The molecular formula is C20H20N6O3. The summed E-state index contributed by atoms with van der Waals surface area (Å²) in [5.74, 6) is -0.0548. The van der Waals surface area contributed by atoms with E-state index in [1.54, 1.807) is 17.0 Å². The van der Waals surface area contributed by atoms with E-state index >= 15 is 0 Å². The summed E-state index contributed by atoms with van der Waals surface area (Å²) >= 11 is 0. The van der Waals surface area contributed by atoms with Crippen molar-refractivity contribution >= 4 is 34.5 Å². The predicted molar refractivity (Wildman–Crippen MR) is 107 cm³/mol. The average molecular weight is 392 g/mol. The Balaban J connectivity index is 1.79. The van der Waals surface area contributed by atoms with Crippen molar-refractivity contribution in [2.24, 2.45) is 0 Å². The minimum atomic E-state index is -0.443. The first-order chi connectivity index (χ1) is 13.9. The second kappa shape index (κ2) is 5.94. The molecule has 1 unspecified atom stereocenters. The summed E-state index contributed by atoms with van der Waals surface area (Å²) in [6, 6.07) is 4.85. The number of carbonyl (C=O) groups is 2. The molecule has 4 heterocycles. The first-order valence-corrected chi connectivity index (χ1v) is 9.36. The van der Waals surface area contributed by atoms with Crippen molar-refractivity contribution in [3.05, 3.63) is 46.9 Å². The molecule has 1 atom stereocenters. The molecule has 2 amide bonds. The fourth-order valence-electron chi connectivity index (χ4n) is 4.46. The van der Waals surface area contributed by atoms with Gasteiger partial charge in [0.15, 0.2) is 0 Å². The van der Waals surface area contributed by atoms with E-state index in [-0.39, 0.29) is 18.1 Å². The molecule has 0 bridgehead atoms. The van der Waals surface area contributed by atoms with Gasteiger partial charge in [-0.1, -0.05) is 6.07 Å². The van der Waals surface area contributed by atoms with Crippen LogP contribution < -0.4 is 16.0 Å². The van der Waals surface area contributed by atoms with E-state index in [4.69, 9.17) is 10.5 Å². The van der Waals surface area contributed by atoms with Crippen LogP contribution in [0.1, 0.15) is 53.1 Å². The molecule has 0 saturated carbocycles. The van der Waals surface area contributed by atoms with E-state index in [0.717, 1.165) is 27.9 Å². The summed E-state index contributed by atoms with van der Waals surface area (Å²) in [6.07, 6.45) is 1.46. The number of esters is 1. The maximum atomic E-state index is 12.9. The van der Waals surface area contributed by atoms with E-state index < -0.39 is 5.97 Å². The molecule has 1 aromatic carbocycles. The first-order valence-electron chi connectivity index (χ1n) is 9.36. The van der Waals surface area contributed by atoms with E-state index in [2.05, 4.69) is 33.7 Å². The maximum absolute atomic E-state index is 12.9. The number of anilines is 2. The van der Waals surface area contributed by atoms with Gasteiger partial charge in [-0.3, -0.25) is 4.90 Å². The Morgan fingerprint density at radius 2 is 2.14 bits per heavy atom. The molecule has 0 spiro atoms. The number of rotatable bonds is 2. The lowest BCUT2D eigenvalue weighted by Crippen LogP contribution is -2.46. The zero-order valence-electron chi connectivity index (χ0n) is 16.3. The summed E-state index contributed by atoms with van der Waals surface area (Å²) in [5, 5.41) is 3.74. The molecule has 2 aromatic heterocycles. The van der Waals surface area contributed by atoms with E-state index in [0.29, 0.717) is 23.6 Å².